The van der Waals surface area contributed by atoms with Gasteiger partial charge in [0.05, 0.1) is 12.3 Å². The van der Waals surface area contributed by atoms with Gasteiger partial charge in [-0.15, -0.1) is 0 Å². The fourth-order valence-electron chi connectivity index (χ4n) is 3.51. The van der Waals surface area contributed by atoms with Gasteiger partial charge in [0, 0.05) is 25.6 Å². The monoisotopic (exact) mass is 423 g/mol. The molecule has 1 N–H and O–H groups in total. The van der Waals surface area contributed by atoms with Crippen LogP contribution in [0.15, 0.2) is 52.0 Å². The highest BCUT2D eigenvalue weighted by Gasteiger charge is 2.33. The first-order valence-electron chi connectivity index (χ1n) is 9.53. The number of amides is 1. The molecule has 2 aromatic rings. The third-order valence-electron chi connectivity index (χ3n) is 5.24. The molecule has 1 amide bonds. The van der Waals surface area contributed by atoms with Crippen LogP contribution in [0.5, 0.6) is 0 Å². The molecule has 9 heteroatoms. The highest BCUT2D eigenvalue weighted by atomic mass is 32.2. The Labute approximate surface area is 170 Å². The van der Waals surface area contributed by atoms with Crippen molar-refractivity contribution in [3.63, 3.8) is 0 Å². The van der Waals surface area contributed by atoms with Gasteiger partial charge < -0.3 is 9.73 Å². The van der Waals surface area contributed by atoms with Crippen molar-refractivity contribution in [2.24, 2.45) is 5.92 Å². The van der Waals surface area contributed by atoms with E-state index in [1.165, 1.54) is 22.5 Å². The van der Waals surface area contributed by atoms with Crippen molar-refractivity contribution in [1.29, 1.82) is 0 Å². The maximum Gasteiger partial charge on any atom is 0.245 e. The molecular formula is C20H26FN3O4S. The molecule has 1 atom stereocenters. The van der Waals surface area contributed by atoms with Crippen molar-refractivity contribution in [3.05, 3.63) is 54.2 Å². The van der Waals surface area contributed by atoms with Gasteiger partial charge in [0.25, 0.3) is 0 Å². The lowest BCUT2D eigenvalue weighted by Crippen LogP contribution is -2.44. The molecule has 1 aliphatic rings. The Bertz CT molecular complexity index is 923. The van der Waals surface area contributed by atoms with E-state index in [0.717, 1.165) is 11.8 Å². The Morgan fingerprint density at radius 3 is 2.52 bits per heavy atom. The van der Waals surface area contributed by atoms with Crippen LogP contribution in [-0.2, 0) is 14.8 Å². The number of likely N-dealkylation sites (N-methyl/N-ethyl adjacent to an activating group) is 1. The summed E-state index contributed by atoms with van der Waals surface area (Å²) in [4.78, 5) is 14.2. The van der Waals surface area contributed by atoms with E-state index in [9.17, 15) is 17.6 Å². The van der Waals surface area contributed by atoms with Crippen LogP contribution in [0.4, 0.5) is 4.39 Å². The fourth-order valence-corrected chi connectivity index (χ4v) is 5.05. The van der Waals surface area contributed by atoms with E-state index in [-0.39, 0.29) is 35.9 Å². The molecule has 0 bridgehead atoms. The average Bonchev–Trinajstić information content (AvgIpc) is 3.22. The van der Waals surface area contributed by atoms with Gasteiger partial charge in [-0.2, -0.15) is 4.31 Å². The number of carbonyl (C=O) groups excluding carboxylic acids is 1. The minimum atomic E-state index is -3.90. The lowest BCUT2D eigenvalue weighted by Gasteiger charge is -2.31. The molecule has 1 unspecified atom stereocenters. The minimum Gasteiger partial charge on any atom is -0.468 e. The molecule has 0 radical (unpaired) electrons. The summed E-state index contributed by atoms with van der Waals surface area (Å²) in [7, 11) is -0.0846. The summed E-state index contributed by atoms with van der Waals surface area (Å²) >= 11 is 0. The van der Waals surface area contributed by atoms with Gasteiger partial charge >= 0.3 is 0 Å². The van der Waals surface area contributed by atoms with Gasteiger partial charge in [-0.3, -0.25) is 9.69 Å². The second kappa shape index (κ2) is 9.06. The number of nitrogens with zero attached hydrogens (tertiary/aromatic N) is 2. The summed E-state index contributed by atoms with van der Waals surface area (Å²) in [5.41, 5.74) is 0. The van der Waals surface area contributed by atoms with Gasteiger partial charge in [-0.1, -0.05) is 12.1 Å². The third-order valence-corrected chi connectivity index (χ3v) is 7.18. The number of furan rings is 1. The first kappa shape index (κ1) is 21.5. The molecule has 0 saturated carbocycles. The molecule has 1 aliphatic heterocycles. The van der Waals surface area contributed by atoms with Crippen LogP contribution in [0.1, 0.15) is 24.6 Å². The summed E-state index contributed by atoms with van der Waals surface area (Å²) in [6, 6.07) is 8.93. The number of halogens is 1. The van der Waals surface area contributed by atoms with Gasteiger partial charge in [0.15, 0.2) is 0 Å². The molecule has 29 heavy (non-hydrogen) atoms. The van der Waals surface area contributed by atoms with Crippen LogP contribution in [0.3, 0.4) is 0 Å². The zero-order valence-electron chi connectivity index (χ0n) is 16.5. The van der Waals surface area contributed by atoms with Crippen molar-refractivity contribution >= 4 is 15.9 Å². The zero-order chi connectivity index (χ0) is 21.0. The van der Waals surface area contributed by atoms with Crippen molar-refractivity contribution in [2.75, 3.05) is 33.7 Å². The van der Waals surface area contributed by atoms with E-state index >= 15 is 0 Å². The lowest BCUT2D eigenvalue weighted by molar-refractivity contribution is -0.126. The van der Waals surface area contributed by atoms with Crippen molar-refractivity contribution in [1.82, 2.24) is 14.5 Å². The van der Waals surface area contributed by atoms with Crippen molar-refractivity contribution in [2.45, 2.75) is 23.8 Å². The quantitative estimate of drug-likeness (QED) is 0.739. The predicted molar refractivity (Wildman–Crippen MR) is 106 cm³/mol. The molecule has 0 aliphatic carbocycles. The van der Waals surface area contributed by atoms with Crippen LogP contribution in [0, 0.1) is 11.7 Å². The molecular weight excluding hydrogens is 397 g/mol. The number of benzene rings is 1. The summed E-state index contributed by atoms with van der Waals surface area (Å²) in [6.07, 6.45) is 2.39. The second-order valence-electron chi connectivity index (χ2n) is 7.35. The molecule has 7 nitrogen and oxygen atoms in total. The van der Waals surface area contributed by atoms with E-state index in [4.69, 9.17) is 4.42 Å². The Kier molecular flexibility index (Phi) is 6.71. The summed E-state index contributed by atoms with van der Waals surface area (Å²) < 4.78 is 46.0. The molecule has 2 heterocycles. The molecule has 0 spiro atoms. The Morgan fingerprint density at radius 2 is 1.93 bits per heavy atom. The predicted octanol–water partition coefficient (Wildman–Crippen LogP) is 2.24. The second-order valence-corrected chi connectivity index (χ2v) is 9.26. The number of rotatable bonds is 7. The molecule has 1 aromatic heterocycles. The number of hydrogen-bond acceptors (Lipinski definition) is 5. The standard InChI is InChI=1S/C20H26FN3O4S/c1-23(2)17(18-7-5-13-28-18)14-22-20(25)15-9-11-24(12-10-15)29(26,27)19-8-4-3-6-16(19)21/h3-8,13,15,17H,9-12,14H2,1-2H3,(H,22,25). The highest BCUT2D eigenvalue weighted by Crippen LogP contribution is 2.26. The van der Waals surface area contributed by atoms with Crippen LogP contribution < -0.4 is 5.32 Å². The largest absolute Gasteiger partial charge is 0.468 e. The maximum atomic E-state index is 13.9. The number of nitrogens with one attached hydrogen (secondary N) is 1. The van der Waals surface area contributed by atoms with Gasteiger partial charge in [-0.05, 0) is 51.2 Å². The minimum absolute atomic E-state index is 0.0875. The van der Waals surface area contributed by atoms with E-state index in [0.29, 0.717) is 19.4 Å². The number of sulfonamides is 1. The normalized spacial score (nSPS) is 17.4. The topological polar surface area (TPSA) is 82.9 Å². The van der Waals surface area contributed by atoms with E-state index in [1.54, 1.807) is 12.3 Å². The van der Waals surface area contributed by atoms with Crippen LogP contribution in [0.2, 0.25) is 0 Å². The van der Waals surface area contributed by atoms with E-state index in [2.05, 4.69) is 5.32 Å². The Morgan fingerprint density at radius 1 is 1.24 bits per heavy atom. The maximum absolute atomic E-state index is 13.9. The number of carbonyl (C=O) groups is 1. The fraction of sp³-hybridized carbons (Fsp3) is 0.450. The molecule has 1 fully saturated rings. The lowest BCUT2D eigenvalue weighted by atomic mass is 9.97. The molecule has 1 aromatic carbocycles. The first-order valence-corrected chi connectivity index (χ1v) is 11.0. The van der Waals surface area contributed by atoms with E-state index < -0.39 is 15.8 Å². The smallest absolute Gasteiger partial charge is 0.245 e. The highest BCUT2D eigenvalue weighted by molar-refractivity contribution is 7.89. The SMILES string of the molecule is CN(C)C(CNC(=O)C1CCN(S(=O)(=O)c2ccccc2F)CC1)c1ccco1. The summed E-state index contributed by atoms with van der Waals surface area (Å²) in [6.45, 7) is 0.765. The van der Waals surface area contributed by atoms with Gasteiger partial charge in [0.2, 0.25) is 15.9 Å². The Balaban J connectivity index is 1.56. The molecule has 3 rings (SSSR count). The van der Waals surface area contributed by atoms with Crippen molar-refractivity contribution < 1.29 is 22.0 Å². The summed E-state index contributed by atoms with van der Waals surface area (Å²) in [5, 5.41) is 2.95. The first-order chi connectivity index (χ1) is 13.8. The number of piperidine rings is 1. The van der Waals surface area contributed by atoms with Crippen LogP contribution >= 0.6 is 0 Å². The van der Waals surface area contributed by atoms with E-state index in [1.807, 2.05) is 25.1 Å². The van der Waals surface area contributed by atoms with Gasteiger partial charge in [-0.25, -0.2) is 12.8 Å². The number of hydrogen-bond donors (Lipinski definition) is 1. The molecule has 158 valence electrons. The third kappa shape index (κ3) is 4.85. The zero-order valence-corrected chi connectivity index (χ0v) is 17.4. The van der Waals surface area contributed by atoms with Crippen LogP contribution in [-0.4, -0.2) is 57.3 Å². The van der Waals surface area contributed by atoms with Crippen molar-refractivity contribution in [3.8, 4) is 0 Å². The Hall–Kier alpha value is -2.23. The molecule has 1 saturated heterocycles. The summed E-state index contributed by atoms with van der Waals surface area (Å²) in [5.74, 6) is -0.381. The van der Waals surface area contributed by atoms with Crippen LogP contribution in [0.25, 0.3) is 0 Å². The average molecular weight is 424 g/mol. The van der Waals surface area contributed by atoms with Gasteiger partial charge in [0.1, 0.15) is 16.5 Å².